The van der Waals surface area contributed by atoms with Gasteiger partial charge in [-0.05, 0) is 12.8 Å². The van der Waals surface area contributed by atoms with Crippen molar-refractivity contribution in [2.24, 2.45) is 0 Å². The molecule has 0 unspecified atom stereocenters. The number of nitrogens with zero attached hydrogens (tertiary/aromatic N) is 4. The minimum atomic E-state index is -0.0790. The van der Waals surface area contributed by atoms with Gasteiger partial charge in [0.15, 0.2) is 17.9 Å². The SMILES string of the molecule is CC(C)c1nc([C@H]2CCCN(C(=O)c3ncoc3C(C)C)C2)no1. The van der Waals surface area contributed by atoms with Gasteiger partial charge in [0, 0.05) is 30.8 Å². The van der Waals surface area contributed by atoms with E-state index in [1.807, 2.05) is 32.6 Å². The summed E-state index contributed by atoms with van der Waals surface area (Å²) in [6.07, 6.45) is 3.21. The molecule has 24 heavy (non-hydrogen) atoms. The Morgan fingerprint density at radius 3 is 2.75 bits per heavy atom. The van der Waals surface area contributed by atoms with E-state index in [1.54, 1.807) is 0 Å². The first-order valence-electron chi connectivity index (χ1n) is 8.53. The van der Waals surface area contributed by atoms with Gasteiger partial charge in [0.25, 0.3) is 5.91 Å². The zero-order valence-corrected chi connectivity index (χ0v) is 14.7. The van der Waals surface area contributed by atoms with E-state index < -0.39 is 0 Å². The van der Waals surface area contributed by atoms with Crippen LogP contribution in [0.15, 0.2) is 15.3 Å². The van der Waals surface area contributed by atoms with Gasteiger partial charge in [-0.25, -0.2) is 4.98 Å². The van der Waals surface area contributed by atoms with Crippen molar-refractivity contribution < 1.29 is 13.7 Å². The minimum absolute atomic E-state index is 0.0790. The average Bonchev–Trinajstić information content (AvgIpc) is 3.23. The highest BCUT2D eigenvalue weighted by atomic mass is 16.5. The smallest absolute Gasteiger partial charge is 0.276 e. The van der Waals surface area contributed by atoms with Gasteiger partial charge in [0.05, 0.1) is 0 Å². The van der Waals surface area contributed by atoms with Crippen LogP contribution in [0.3, 0.4) is 0 Å². The highest BCUT2D eigenvalue weighted by molar-refractivity contribution is 5.93. The third kappa shape index (κ3) is 3.20. The van der Waals surface area contributed by atoms with E-state index >= 15 is 0 Å². The van der Waals surface area contributed by atoms with Gasteiger partial charge in [-0.2, -0.15) is 4.98 Å². The van der Waals surface area contributed by atoms with E-state index in [-0.39, 0.29) is 23.7 Å². The highest BCUT2D eigenvalue weighted by Gasteiger charge is 2.31. The van der Waals surface area contributed by atoms with Crippen molar-refractivity contribution in [2.75, 3.05) is 13.1 Å². The van der Waals surface area contributed by atoms with E-state index in [0.717, 1.165) is 12.8 Å². The van der Waals surface area contributed by atoms with E-state index in [9.17, 15) is 4.79 Å². The third-order valence-corrected chi connectivity index (χ3v) is 4.35. The maximum Gasteiger partial charge on any atom is 0.276 e. The molecule has 1 aliphatic heterocycles. The second kappa shape index (κ2) is 6.75. The molecule has 3 heterocycles. The minimum Gasteiger partial charge on any atom is -0.447 e. The van der Waals surface area contributed by atoms with Crippen LogP contribution in [0.4, 0.5) is 0 Å². The molecule has 1 fully saturated rings. The molecule has 7 nitrogen and oxygen atoms in total. The number of rotatable bonds is 4. The van der Waals surface area contributed by atoms with Crippen molar-refractivity contribution in [1.82, 2.24) is 20.0 Å². The Balaban J connectivity index is 1.75. The van der Waals surface area contributed by atoms with E-state index in [0.29, 0.717) is 36.3 Å². The van der Waals surface area contributed by atoms with Gasteiger partial charge >= 0.3 is 0 Å². The molecule has 1 aliphatic rings. The predicted molar refractivity (Wildman–Crippen MR) is 86.9 cm³/mol. The molecule has 130 valence electrons. The second-order valence-electron chi connectivity index (χ2n) is 6.96. The standard InChI is InChI=1S/C17H24N4O3/c1-10(2)14-13(18-9-23-14)17(22)21-7-5-6-12(8-21)15-19-16(11(3)4)24-20-15/h9-12H,5-8H2,1-4H3/t12-/m0/s1. The summed E-state index contributed by atoms with van der Waals surface area (Å²) >= 11 is 0. The number of oxazole rings is 1. The molecule has 1 atom stereocenters. The number of piperidine rings is 1. The lowest BCUT2D eigenvalue weighted by Gasteiger charge is -2.31. The van der Waals surface area contributed by atoms with Gasteiger partial charge in [0.2, 0.25) is 5.89 Å². The summed E-state index contributed by atoms with van der Waals surface area (Å²) in [5.41, 5.74) is 0.418. The van der Waals surface area contributed by atoms with Crippen LogP contribution in [0, 0.1) is 0 Å². The Morgan fingerprint density at radius 2 is 2.08 bits per heavy atom. The van der Waals surface area contributed by atoms with Gasteiger partial charge in [0.1, 0.15) is 5.76 Å². The van der Waals surface area contributed by atoms with Crippen molar-refractivity contribution in [2.45, 2.75) is 58.3 Å². The first-order valence-corrected chi connectivity index (χ1v) is 8.53. The molecule has 0 N–H and O–H groups in total. The largest absolute Gasteiger partial charge is 0.447 e. The Morgan fingerprint density at radius 1 is 1.29 bits per heavy atom. The number of hydrogen-bond acceptors (Lipinski definition) is 6. The zero-order chi connectivity index (χ0) is 17.3. The molecule has 0 saturated carbocycles. The summed E-state index contributed by atoms with van der Waals surface area (Å²) in [4.78, 5) is 23.3. The molecule has 0 aromatic carbocycles. The summed E-state index contributed by atoms with van der Waals surface area (Å²) in [6.45, 7) is 9.32. The van der Waals surface area contributed by atoms with Crippen LogP contribution in [-0.2, 0) is 0 Å². The van der Waals surface area contributed by atoms with E-state index in [2.05, 4.69) is 15.1 Å². The van der Waals surface area contributed by atoms with Crippen molar-refractivity contribution >= 4 is 5.91 Å². The van der Waals surface area contributed by atoms with Crippen LogP contribution in [0.25, 0.3) is 0 Å². The van der Waals surface area contributed by atoms with Crippen molar-refractivity contribution in [3.05, 3.63) is 29.6 Å². The van der Waals surface area contributed by atoms with Crippen molar-refractivity contribution in [1.29, 1.82) is 0 Å². The second-order valence-corrected chi connectivity index (χ2v) is 6.96. The lowest BCUT2D eigenvalue weighted by Crippen LogP contribution is -2.40. The molecule has 2 aromatic rings. The number of amides is 1. The lowest BCUT2D eigenvalue weighted by atomic mass is 9.96. The fraction of sp³-hybridized carbons (Fsp3) is 0.647. The quantitative estimate of drug-likeness (QED) is 0.853. The van der Waals surface area contributed by atoms with Crippen molar-refractivity contribution in [3.8, 4) is 0 Å². The molecular weight excluding hydrogens is 308 g/mol. The Labute approximate surface area is 141 Å². The van der Waals surface area contributed by atoms with Crippen LogP contribution in [0.5, 0.6) is 0 Å². The monoisotopic (exact) mass is 332 g/mol. The first-order chi connectivity index (χ1) is 11.5. The number of carbonyl (C=O) groups is 1. The molecule has 0 radical (unpaired) electrons. The molecule has 0 bridgehead atoms. The molecule has 1 saturated heterocycles. The topological polar surface area (TPSA) is 85.3 Å². The molecular formula is C17H24N4O3. The van der Waals surface area contributed by atoms with Gasteiger partial charge < -0.3 is 13.8 Å². The van der Waals surface area contributed by atoms with Crippen LogP contribution < -0.4 is 0 Å². The Bertz CT molecular complexity index is 704. The summed E-state index contributed by atoms with van der Waals surface area (Å²) in [7, 11) is 0. The fourth-order valence-corrected chi connectivity index (χ4v) is 3.00. The zero-order valence-electron chi connectivity index (χ0n) is 14.7. The van der Waals surface area contributed by atoms with Crippen LogP contribution >= 0.6 is 0 Å². The van der Waals surface area contributed by atoms with Crippen molar-refractivity contribution in [3.63, 3.8) is 0 Å². The Hall–Kier alpha value is -2.18. The summed E-state index contributed by atoms with van der Waals surface area (Å²) in [6, 6.07) is 0. The average molecular weight is 332 g/mol. The van der Waals surface area contributed by atoms with E-state index in [1.165, 1.54) is 6.39 Å². The van der Waals surface area contributed by atoms with Gasteiger partial charge in [-0.15, -0.1) is 0 Å². The molecule has 1 amide bonds. The summed E-state index contributed by atoms with van der Waals surface area (Å²) < 4.78 is 10.7. The number of aromatic nitrogens is 3. The number of likely N-dealkylation sites (tertiary alicyclic amines) is 1. The number of carbonyl (C=O) groups excluding carboxylic acids is 1. The summed E-state index contributed by atoms with van der Waals surface area (Å²) in [5.74, 6) is 2.34. The molecule has 0 aliphatic carbocycles. The fourth-order valence-electron chi connectivity index (χ4n) is 3.00. The molecule has 2 aromatic heterocycles. The van der Waals surface area contributed by atoms with E-state index in [4.69, 9.17) is 8.94 Å². The maximum atomic E-state index is 12.8. The van der Waals surface area contributed by atoms with Crippen LogP contribution in [0.2, 0.25) is 0 Å². The predicted octanol–water partition coefficient (Wildman–Crippen LogP) is 3.32. The molecule has 0 spiro atoms. The highest BCUT2D eigenvalue weighted by Crippen LogP contribution is 2.28. The number of hydrogen-bond donors (Lipinski definition) is 0. The lowest BCUT2D eigenvalue weighted by molar-refractivity contribution is 0.0695. The third-order valence-electron chi connectivity index (χ3n) is 4.35. The first kappa shape index (κ1) is 16.7. The summed E-state index contributed by atoms with van der Waals surface area (Å²) in [5, 5.41) is 4.11. The molecule has 7 heteroatoms. The molecule has 3 rings (SSSR count). The normalized spacial score (nSPS) is 18.6. The van der Waals surface area contributed by atoms with Crippen LogP contribution in [0.1, 0.15) is 86.3 Å². The maximum absolute atomic E-state index is 12.8. The van der Waals surface area contributed by atoms with Gasteiger partial charge in [-0.1, -0.05) is 32.9 Å². The van der Waals surface area contributed by atoms with Gasteiger partial charge in [-0.3, -0.25) is 4.79 Å². The Kier molecular flexibility index (Phi) is 4.69. The van der Waals surface area contributed by atoms with Crippen LogP contribution in [-0.4, -0.2) is 39.0 Å².